The minimum atomic E-state index is -0.993. The summed E-state index contributed by atoms with van der Waals surface area (Å²) in [6.07, 6.45) is 2.62. The summed E-state index contributed by atoms with van der Waals surface area (Å²) in [4.78, 5) is 41.0. The maximum Gasteiger partial charge on any atom is 0.328 e. The molecule has 182 valence electrons. The minimum Gasteiger partial charge on any atom is -0.493 e. The molecule has 1 aromatic heterocycles. The molecule has 0 saturated heterocycles. The highest BCUT2D eigenvalue weighted by molar-refractivity contribution is 5.98. The van der Waals surface area contributed by atoms with Crippen molar-refractivity contribution >= 4 is 17.8 Å². The maximum absolute atomic E-state index is 12.8. The van der Waals surface area contributed by atoms with E-state index in [0.717, 1.165) is 18.4 Å². The van der Waals surface area contributed by atoms with Gasteiger partial charge >= 0.3 is 11.9 Å². The molecular weight excluding hydrogens is 440 g/mol. The molecule has 1 aliphatic carbocycles. The Balaban J connectivity index is 1.66. The van der Waals surface area contributed by atoms with Gasteiger partial charge in [0.2, 0.25) is 5.75 Å². The fourth-order valence-electron chi connectivity index (χ4n) is 3.34. The van der Waals surface area contributed by atoms with Gasteiger partial charge in [0.1, 0.15) is 18.2 Å². The van der Waals surface area contributed by atoms with Gasteiger partial charge in [-0.05, 0) is 38.2 Å². The van der Waals surface area contributed by atoms with Crippen LogP contribution in [0.25, 0.3) is 0 Å². The molecule has 9 nitrogen and oxygen atoms in total. The lowest BCUT2D eigenvalue weighted by Crippen LogP contribution is -2.42. The number of benzene rings is 1. The molecule has 1 aromatic carbocycles. The molecule has 2 aromatic rings. The predicted molar refractivity (Wildman–Crippen MR) is 122 cm³/mol. The van der Waals surface area contributed by atoms with Crippen molar-refractivity contribution in [2.24, 2.45) is 5.92 Å². The van der Waals surface area contributed by atoms with E-state index in [4.69, 9.17) is 18.9 Å². The van der Waals surface area contributed by atoms with Gasteiger partial charge in [-0.3, -0.25) is 9.59 Å². The van der Waals surface area contributed by atoms with Crippen LogP contribution in [-0.4, -0.2) is 48.7 Å². The largest absolute Gasteiger partial charge is 0.493 e. The summed E-state index contributed by atoms with van der Waals surface area (Å²) in [6.45, 7) is 5.07. The molecule has 1 fully saturated rings. The summed E-state index contributed by atoms with van der Waals surface area (Å²) in [7, 11) is 1.37. The first-order chi connectivity index (χ1) is 16.3. The number of hydrogen-bond acceptors (Lipinski definition) is 8. The second-order valence-electron chi connectivity index (χ2n) is 8.23. The van der Waals surface area contributed by atoms with E-state index in [2.05, 4.69) is 10.3 Å². The molecule has 0 spiro atoms. The molecule has 34 heavy (non-hydrogen) atoms. The Bertz CT molecular complexity index is 1010. The number of rotatable bonds is 11. The van der Waals surface area contributed by atoms with Crippen molar-refractivity contribution in [3.63, 3.8) is 0 Å². The Kier molecular flexibility index (Phi) is 8.59. The highest BCUT2D eigenvalue weighted by atomic mass is 16.6. The fraction of sp³-hybridized carbons (Fsp3) is 0.440. The van der Waals surface area contributed by atoms with Crippen molar-refractivity contribution in [3.8, 4) is 11.5 Å². The van der Waals surface area contributed by atoms with E-state index in [1.54, 1.807) is 6.92 Å². The second kappa shape index (κ2) is 11.6. The zero-order chi connectivity index (χ0) is 24.7. The molecule has 1 heterocycles. The lowest BCUT2D eigenvalue weighted by molar-refractivity contribution is -0.158. The smallest absolute Gasteiger partial charge is 0.328 e. The number of esters is 2. The number of carbonyl (C=O) groups excluding carboxylic acids is 3. The van der Waals surface area contributed by atoms with Crippen LogP contribution in [0.15, 0.2) is 42.6 Å². The topological polar surface area (TPSA) is 113 Å². The summed E-state index contributed by atoms with van der Waals surface area (Å²) in [5.74, 6) is -1.39. The Morgan fingerprint density at radius 1 is 1.12 bits per heavy atom. The van der Waals surface area contributed by atoms with Crippen molar-refractivity contribution < 1.29 is 33.3 Å². The SMILES string of the molecule is COc1ccnc(C(=O)N[C@@H](C)C(=O)O[C@@H](C)[C@@H](OCC2CC2)c2ccccc2)c1OC(C)=O. The standard InChI is InChI=1S/C25H30N2O7/c1-15(27-24(29)21-23(34-17(3)28)20(31-4)12-13-26-21)25(30)33-16(2)22(32-14-18-10-11-18)19-8-6-5-7-9-19/h5-9,12-13,15-16,18,22H,10-11,14H2,1-4H3,(H,27,29)/t15-,16-,22+/m0/s1. The average Bonchev–Trinajstić information content (AvgIpc) is 3.64. The highest BCUT2D eigenvalue weighted by Crippen LogP contribution is 2.33. The van der Waals surface area contributed by atoms with E-state index < -0.39 is 36.1 Å². The van der Waals surface area contributed by atoms with Gasteiger partial charge in [0, 0.05) is 19.2 Å². The van der Waals surface area contributed by atoms with Crippen LogP contribution in [-0.2, 0) is 19.1 Å². The van der Waals surface area contributed by atoms with Crippen LogP contribution < -0.4 is 14.8 Å². The average molecular weight is 471 g/mol. The number of aromatic nitrogens is 1. The Morgan fingerprint density at radius 3 is 2.44 bits per heavy atom. The van der Waals surface area contributed by atoms with Crippen molar-refractivity contribution in [3.05, 3.63) is 53.9 Å². The van der Waals surface area contributed by atoms with Gasteiger partial charge in [0.25, 0.3) is 5.91 Å². The molecule has 1 N–H and O–H groups in total. The quantitative estimate of drug-likeness (QED) is 0.498. The molecule has 0 bridgehead atoms. The summed E-state index contributed by atoms with van der Waals surface area (Å²) in [5.41, 5.74) is 0.726. The predicted octanol–water partition coefficient (Wildman–Crippen LogP) is 3.23. The van der Waals surface area contributed by atoms with E-state index in [1.807, 2.05) is 30.3 Å². The third-order valence-electron chi connectivity index (χ3n) is 5.32. The minimum absolute atomic E-state index is 0.124. The van der Waals surface area contributed by atoms with Crippen LogP contribution in [0.3, 0.4) is 0 Å². The molecular formula is C25H30N2O7. The summed E-state index contributed by atoms with van der Waals surface area (Å²) in [6, 6.07) is 10.0. The number of ether oxygens (including phenoxy) is 4. The maximum atomic E-state index is 12.8. The monoisotopic (exact) mass is 470 g/mol. The number of amides is 1. The van der Waals surface area contributed by atoms with E-state index in [0.29, 0.717) is 12.5 Å². The summed E-state index contributed by atoms with van der Waals surface area (Å²) in [5, 5.41) is 2.54. The van der Waals surface area contributed by atoms with E-state index in [1.165, 1.54) is 33.2 Å². The van der Waals surface area contributed by atoms with Gasteiger partial charge < -0.3 is 24.3 Å². The number of methoxy groups -OCH3 is 1. The molecule has 1 amide bonds. The number of nitrogens with zero attached hydrogens (tertiary/aromatic N) is 1. The van der Waals surface area contributed by atoms with Crippen LogP contribution in [0.2, 0.25) is 0 Å². The van der Waals surface area contributed by atoms with Gasteiger partial charge in [-0.2, -0.15) is 0 Å². The fourth-order valence-corrected chi connectivity index (χ4v) is 3.34. The van der Waals surface area contributed by atoms with Gasteiger partial charge in [-0.1, -0.05) is 30.3 Å². The number of hydrogen-bond donors (Lipinski definition) is 1. The summed E-state index contributed by atoms with van der Waals surface area (Å²) >= 11 is 0. The molecule has 3 rings (SSSR count). The van der Waals surface area contributed by atoms with E-state index in [9.17, 15) is 14.4 Å². The Labute approximate surface area is 198 Å². The first-order valence-electron chi connectivity index (χ1n) is 11.2. The number of carbonyl (C=O) groups is 3. The number of pyridine rings is 1. The van der Waals surface area contributed by atoms with Gasteiger partial charge in [0.15, 0.2) is 11.4 Å². The van der Waals surface area contributed by atoms with Crippen LogP contribution in [0, 0.1) is 5.92 Å². The molecule has 3 atom stereocenters. The molecule has 0 radical (unpaired) electrons. The van der Waals surface area contributed by atoms with E-state index >= 15 is 0 Å². The van der Waals surface area contributed by atoms with Gasteiger partial charge in [0.05, 0.1) is 13.7 Å². The Hall–Kier alpha value is -3.46. The first kappa shape index (κ1) is 25.2. The molecule has 1 aliphatic rings. The van der Waals surface area contributed by atoms with Crippen molar-refractivity contribution in [1.82, 2.24) is 10.3 Å². The lowest BCUT2D eigenvalue weighted by Gasteiger charge is -2.26. The molecule has 9 heteroatoms. The Morgan fingerprint density at radius 2 is 1.82 bits per heavy atom. The highest BCUT2D eigenvalue weighted by Gasteiger charge is 2.30. The number of nitrogens with one attached hydrogen (secondary N) is 1. The van der Waals surface area contributed by atoms with Crippen LogP contribution in [0.1, 0.15) is 55.8 Å². The zero-order valence-corrected chi connectivity index (χ0v) is 19.8. The van der Waals surface area contributed by atoms with Crippen LogP contribution in [0.4, 0.5) is 0 Å². The van der Waals surface area contributed by atoms with Gasteiger partial charge in [-0.25, -0.2) is 9.78 Å². The normalized spacial score (nSPS) is 15.5. The van der Waals surface area contributed by atoms with Crippen LogP contribution >= 0.6 is 0 Å². The summed E-state index contributed by atoms with van der Waals surface area (Å²) < 4.78 is 22.0. The van der Waals surface area contributed by atoms with Gasteiger partial charge in [-0.15, -0.1) is 0 Å². The molecule has 0 unspecified atom stereocenters. The molecule has 0 aliphatic heterocycles. The van der Waals surface area contributed by atoms with Crippen molar-refractivity contribution in [1.29, 1.82) is 0 Å². The second-order valence-corrected chi connectivity index (χ2v) is 8.23. The van der Waals surface area contributed by atoms with Crippen molar-refractivity contribution in [2.45, 2.75) is 51.9 Å². The zero-order valence-electron chi connectivity index (χ0n) is 19.8. The van der Waals surface area contributed by atoms with Crippen molar-refractivity contribution in [2.75, 3.05) is 13.7 Å². The third kappa shape index (κ3) is 6.77. The van der Waals surface area contributed by atoms with Crippen LogP contribution in [0.5, 0.6) is 11.5 Å². The van der Waals surface area contributed by atoms with E-state index in [-0.39, 0.29) is 17.2 Å². The lowest BCUT2D eigenvalue weighted by atomic mass is 10.1. The molecule has 1 saturated carbocycles. The third-order valence-corrected chi connectivity index (χ3v) is 5.32. The first-order valence-corrected chi connectivity index (χ1v) is 11.2.